The van der Waals surface area contributed by atoms with E-state index in [4.69, 9.17) is 4.74 Å². The van der Waals surface area contributed by atoms with Crippen LogP contribution in [-0.4, -0.2) is 46.9 Å². The van der Waals surface area contributed by atoms with Gasteiger partial charge in [0.05, 0.1) is 25.2 Å². The number of unbranched alkanes of at least 4 members (excludes halogenated alkanes) is 27. The Balaban J connectivity index is 4.60. The molecule has 6 nitrogen and oxygen atoms in total. The molecule has 0 aliphatic rings. The monoisotopic (exact) mass is 854 g/mol. The fourth-order valence-electron chi connectivity index (χ4n) is 7.73. The zero-order chi connectivity index (χ0) is 44.5. The molecule has 0 saturated heterocycles. The SMILES string of the molecule is CC/C=C/C=C/C=C/C=C\CCCCCC(CC(=O)NC(CO)C(O)CCCCCCCCCCCCCCCCCC)OC(=O)CCCCC/C=C\CCCCCCCC. The van der Waals surface area contributed by atoms with Crippen molar-refractivity contribution in [2.24, 2.45) is 0 Å². The second kappa shape index (κ2) is 48.6. The van der Waals surface area contributed by atoms with E-state index in [0.717, 1.165) is 83.5 Å². The molecule has 0 spiro atoms. The zero-order valence-electron chi connectivity index (χ0n) is 40.3. The number of hydrogen-bond donors (Lipinski definition) is 3. The topological polar surface area (TPSA) is 95.9 Å². The van der Waals surface area contributed by atoms with Crippen LogP contribution in [0.15, 0.2) is 60.8 Å². The number of hydrogen-bond acceptors (Lipinski definition) is 5. The van der Waals surface area contributed by atoms with Crippen molar-refractivity contribution >= 4 is 11.9 Å². The van der Waals surface area contributed by atoms with Gasteiger partial charge in [-0.15, -0.1) is 0 Å². The largest absolute Gasteiger partial charge is 0.462 e. The lowest BCUT2D eigenvalue weighted by Crippen LogP contribution is -2.46. The molecular formula is C55H99NO5. The van der Waals surface area contributed by atoms with E-state index in [2.05, 4.69) is 62.5 Å². The normalized spacial score (nSPS) is 13.7. The number of carbonyl (C=O) groups excluding carboxylic acids is 2. The number of carbonyl (C=O) groups is 2. The zero-order valence-corrected chi connectivity index (χ0v) is 40.3. The maximum absolute atomic E-state index is 13.2. The molecule has 61 heavy (non-hydrogen) atoms. The van der Waals surface area contributed by atoms with Crippen LogP contribution in [0.1, 0.15) is 252 Å². The summed E-state index contributed by atoms with van der Waals surface area (Å²) >= 11 is 0. The van der Waals surface area contributed by atoms with Crippen molar-refractivity contribution in [1.82, 2.24) is 5.32 Å². The van der Waals surface area contributed by atoms with Gasteiger partial charge in [0.2, 0.25) is 5.91 Å². The molecule has 0 fully saturated rings. The van der Waals surface area contributed by atoms with Gasteiger partial charge in [-0.3, -0.25) is 9.59 Å². The van der Waals surface area contributed by atoms with Crippen molar-refractivity contribution in [1.29, 1.82) is 0 Å². The van der Waals surface area contributed by atoms with Crippen molar-refractivity contribution in [2.75, 3.05) is 6.61 Å². The van der Waals surface area contributed by atoms with Gasteiger partial charge in [-0.25, -0.2) is 0 Å². The quantitative estimate of drug-likeness (QED) is 0.0245. The van der Waals surface area contributed by atoms with Crippen molar-refractivity contribution in [3.05, 3.63) is 60.8 Å². The standard InChI is InChI=1S/C55H99NO5/c1-4-7-10-13-16-19-22-25-26-27-30-32-35-38-41-44-47-53(58)52(50-57)56-54(59)49-51(46-43-40-37-34-31-28-23-20-17-14-11-8-5-2)61-55(60)48-45-42-39-36-33-29-24-21-18-15-12-9-6-3/h8,11,14,17,20,23,28-29,31,33,51-53,57-58H,4-7,9-10,12-13,15-16,18-19,21-22,24-27,30,32,34-50H2,1-3H3,(H,56,59)/b11-8+,17-14+,23-20+,31-28-,33-29-. The highest BCUT2D eigenvalue weighted by molar-refractivity contribution is 5.77. The summed E-state index contributed by atoms with van der Waals surface area (Å²) in [5.74, 6) is -0.530. The van der Waals surface area contributed by atoms with Gasteiger partial charge in [0.15, 0.2) is 0 Å². The third-order valence-electron chi connectivity index (χ3n) is 11.7. The van der Waals surface area contributed by atoms with Crippen LogP contribution in [0.2, 0.25) is 0 Å². The summed E-state index contributed by atoms with van der Waals surface area (Å²) in [6.07, 6.45) is 60.0. The molecule has 3 N–H and O–H groups in total. The number of rotatable bonds is 46. The maximum Gasteiger partial charge on any atom is 0.306 e. The Labute approximate surface area is 378 Å². The van der Waals surface area contributed by atoms with Crippen LogP contribution >= 0.6 is 0 Å². The van der Waals surface area contributed by atoms with Gasteiger partial charge in [-0.2, -0.15) is 0 Å². The molecule has 3 unspecified atom stereocenters. The molecule has 0 aromatic heterocycles. The van der Waals surface area contributed by atoms with Gasteiger partial charge in [0.25, 0.3) is 0 Å². The number of aliphatic hydroxyl groups is 2. The van der Waals surface area contributed by atoms with Gasteiger partial charge in [0, 0.05) is 6.42 Å². The van der Waals surface area contributed by atoms with Crippen LogP contribution in [-0.2, 0) is 14.3 Å². The number of aliphatic hydroxyl groups excluding tert-OH is 2. The van der Waals surface area contributed by atoms with E-state index in [1.807, 2.05) is 24.3 Å². The highest BCUT2D eigenvalue weighted by Gasteiger charge is 2.24. The summed E-state index contributed by atoms with van der Waals surface area (Å²) in [7, 11) is 0. The summed E-state index contributed by atoms with van der Waals surface area (Å²) in [5.41, 5.74) is 0. The third kappa shape index (κ3) is 44.0. The third-order valence-corrected chi connectivity index (χ3v) is 11.7. The molecule has 0 bridgehead atoms. The summed E-state index contributed by atoms with van der Waals surface area (Å²) in [6.45, 7) is 6.33. The lowest BCUT2D eigenvalue weighted by Gasteiger charge is -2.24. The Morgan fingerprint density at radius 3 is 1.41 bits per heavy atom. The highest BCUT2D eigenvalue weighted by atomic mass is 16.5. The first-order chi connectivity index (χ1) is 30.0. The predicted molar refractivity (Wildman–Crippen MR) is 264 cm³/mol. The molecule has 0 aliphatic carbocycles. The molecule has 354 valence electrons. The molecule has 0 rings (SSSR count). The lowest BCUT2D eigenvalue weighted by atomic mass is 10.0. The van der Waals surface area contributed by atoms with Crippen molar-refractivity contribution in [3.8, 4) is 0 Å². The lowest BCUT2D eigenvalue weighted by molar-refractivity contribution is -0.151. The van der Waals surface area contributed by atoms with Crippen molar-refractivity contribution in [3.63, 3.8) is 0 Å². The van der Waals surface area contributed by atoms with Gasteiger partial charge in [-0.1, -0.05) is 229 Å². The Bertz CT molecular complexity index is 1090. The molecule has 0 saturated carbocycles. The minimum atomic E-state index is -0.802. The van der Waals surface area contributed by atoms with Crippen LogP contribution in [0.4, 0.5) is 0 Å². The second-order valence-corrected chi connectivity index (χ2v) is 17.6. The molecule has 0 aliphatic heterocycles. The minimum Gasteiger partial charge on any atom is -0.462 e. The van der Waals surface area contributed by atoms with Crippen LogP contribution in [0.5, 0.6) is 0 Å². The Morgan fingerprint density at radius 1 is 0.492 bits per heavy atom. The number of esters is 1. The fraction of sp³-hybridized carbons (Fsp3) is 0.782. The minimum absolute atomic E-state index is 0.0447. The number of amides is 1. The first-order valence-corrected chi connectivity index (χ1v) is 26.1. The van der Waals surface area contributed by atoms with Crippen LogP contribution < -0.4 is 5.32 Å². The summed E-state index contributed by atoms with van der Waals surface area (Å²) in [6, 6.07) is -0.718. The van der Waals surface area contributed by atoms with E-state index >= 15 is 0 Å². The van der Waals surface area contributed by atoms with Gasteiger partial charge in [0.1, 0.15) is 6.10 Å². The summed E-state index contributed by atoms with van der Waals surface area (Å²) in [4.78, 5) is 26.1. The van der Waals surface area contributed by atoms with E-state index in [0.29, 0.717) is 19.3 Å². The molecule has 0 aromatic rings. The molecule has 0 aromatic carbocycles. The molecular weight excluding hydrogens is 755 g/mol. The highest BCUT2D eigenvalue weighted by Crippen LogP contribution is 2.17. The average molecular weight is 854 g/mol. The summed E-state index contributed by atoms with van der Waals surface area (Å²) in [5, 5.41) is 23.8. The predicted octanol–water partition coefficient (Wildman–Crippen LogP) is 15.6. The van der Waals surface area contributed by atoms with E-state index < -0.39 is 18.2 Å². The number of allylic oxidation sites excluding steroid dienone is 10. The molecule has 3 atom stereocenters. The van der Waals surface area contributed by atoms with E-state index in [1.54, 1.807) is 0 Å². The molecule has 0 heterocycles. The van der Waals surface area contributed by atoms with Gasteiger partial charge in [-0.05, 0) is 70.6 Å². The van der Waals surface area contributed by atoms with Crippen molar-refractivity contribution in [2.45, 2.75) is 270 Å². The van der Waals surface area contributed by atoms with E-state index in [-0.39, 0.29) is 24.9 Å². The Hall–Kier alpha value is -2.44. The molecule has 6 heteroatoms. The Morgan fingerprint density at radius 2 is 0.902 bits per heavy atom. The van der Waals surface area contributed by atoms with Crippen molar-refractivity contribution < 1.29 is 24.5 Å². The fourth-order valence-corrected chi connectivity index (χ4v) is 7.73. The first-order valence-electron chi connectivity index (χ1n) is 26.1. The summed E-state index contributed by atoms with van der Waals surface area (Å²) < 4.78 is 5.90. The maximum atomic E-state index is 13.2. The number of ether oxygens (including phenoxy) is 1. The van der Waals surface area contributed by atoms with Crippen LogP contribution in [0.25, 0.3) is 0 Å². The first kappa shape index (κ1) is 58.6. The molecule has 1 amide bonds. The van der Waals surface area contributed by atoms with Crippen LogP contribution in [0, 0.1) is 0 Å². The van der Waals surface area contributed by atoms with Gasteiger partial charge >= 0.3 is 5.97 Å². The molecule has 0 radical (unpaired) electrons. The van der Waals surface area contributed by atoms with E-state index in [1.165, 1.54) is 122 Å². The van der Waals surface area contributed by atoms with E-state index in [9.17, 15) is 19.8 Å². The smallest absolute Gasteiger partial charge is 0.306 e. The van der Waals surface area contributed by atoms with Crippen LogP contribution in [0.3, 0.4) is 0 Å². The van der Waals surface area contributed by atoms with Gasteiger partial charge < -0.3 is 20.3 Å². The average Bonchev–Trinajstić information content (AvgIpc) is 3.25. The number of nitrogens with one attached hydrogen (secondary N) is 1. The Kier molecular flexibility index (Phi) is 46.6. The second-order valence-electron chi connectivity index (χ2n) is 17.6.